The van der Waals surface area contributed by atoms with Crippen LogP contribution in [-0.4, -0.2) is 32.5 Å². The molecule has 0 spiro atoms. The first-order valence-electron chi connectivity index (χ1n) is 7.51. The standard InChI is InChI=1S/C16H23NO3/c1-18-14-5-2-4-13(14)17-11-12-6-7-15-16(10-12)20-9-3-8-19-15/h6-7,10,13-14,17H,2-5,8-9,11H2,1H3. The van der Waals surface area contributed by atoms with Crippen LogP contribution in [0, 0.1) is 0 Å². The lowest BCUT2D eigenvalue weighted by molar-refractivity contribution is 0.0847. The van der Waals surface area contributed by atoms with Crippen LogP contribution in [0.15, 0.2) is 18.2 Å². The number of ether oxygens (including phenoxy) is 3. The van der Waals surface area contributed by atoms with Gasteiger partial charge >= 0.3 is 0 Å². The lowest BCUT2D eigenvalue weighted by Gasteiger charge is -2.20. The van der Waals surface area contributed by atoms with E-state index < -0.39 is 0 Å². The summed E-state index contributed by atoms with van der Waals surface area (Å²) in [5.41, 5.74) is 1.23. The number of fused-ring (bicyclic) bond motifs is 1. The molecule has 1 heterocycles. The van der Waals surface area contributed by atoms with Crippen molar-refractivity contribution in [1.29, 1.82) is 0 Å². The maximum Gasteiger partial charge on any atom is 0.161 e. The molecule has 1 aliphatic heterocycles. The molecule has 2 unspecified atom stereocenters. The molecule has 0 bridgehead atoms. The Morgan fingerprint density at radius 2 is 2.00 bits per heavy atom. The first-order valence-corrected chi connectivity index (χ1v) is 7.51. The molecular weight excluding hydrogens is 254 g/mol. The predicted molar refractivity (Wildman–Crippen MR) is 77.3 cm³/mol. The Hall–Kier alpha value is -1.26. The molecule has 4 heteroatoms. The Morgan fingerprint density at radius 3 is 2.85 bits per heavy atom. The van der Waals surface area contributed by atoms with Crippen LogP contribution in [0.4, 0.5) is 0 Å². The van der Waals surface area contributed by atoms with Gasteiger partial charge in [0.15, 0.2) is 11.5 Å². The van der Waals surface area contributed by atoms with Crippen molar-refractivity contribution in [2.45, 2.75) is 44.4 Å². The van der Waals surface area contributed by atoms with Gasteiger partial charge in [-0.3, -0.25) is 0 Å². The van der Waals surface area contributed by atoms with Gasteiger partial charge in [0.2, 0.25) is 0 Å². The highest BCUT2D eigenvalue weighted by Crippen LogP contribution is 2.30. The lowest BCUT2D eigenvalue weighted by Crippen LogP contribution is -2.36. The van der Waals surface area contributed by atoms with Crippen molar-refractivity contribution in [3.8, 4) is 11.5 Å². The SMILES string of the molecule is COC1CCCC1NCc1ccc2c(c1)OCCCO2. The van der Waals surface area contributed by atoms with E-state index in [-0.39, 0.29) is 0 Å². The van der Waals surface area contributed by atoms with Crippen LogP contribution >= 0.6 is 0 Å². The van der Waals surface area contributed by atoms with Crippen LogP contribution in [0.3, 0.4) is 0 Å². The Morgan fingerprint density at radius 1 is 1.15 bits per heavy atom. The second-order valence-corrected chi connectivity index (χ2v) is 5.52. The highest BCUT2D eigenvalue weighted by atomic mass is 16.5. The van der Waals surface area contributed by atoms with E-state index in [4.69, 9.17) is 14.2 Å². The van der Waals surface area contributed by atoms with Crippen molar-refractivity contribution in [3.63, 3.8) is 0 Å². The summed E-state index contributed by atoms with van der Waals surface area (Å²) in [7, 11) is 1.80. The van der Waals surface area contributed by atoms with Crippen LogP contribution in [0.25, 0.3) is 0 Å². The molecule has 0 aromatic heterocycles. The van der Waals surface area contributed by atoms with Gasteiger partial charge in [-0.1, -0.05) is 6.07 Å². The molecule has 0 amide bonds. The Bertz CT molecular complexity index is 449. The third kappa shape index (κ3) is 3.07. The smallest absolute Gasteiger partial charge is 0.161 e. The van der Waals surface area contributed by atoms with Gasteiger partial charge in [-0.2, -0.15) is 0 Å². The minimum Gasteiger partial charge on any atom is -0.490 e. The summed E-state index contributed by atoms with van der Waals surface area (Å²) in [5, 5.41) is 3.60. The third-order valence-electron chi connectivity index (χ3n) is 4.14. The maximum absolute atomic E-state index is 5.73. The Labute approximate surface area is 120 Å². The van der Waals surface area contributed by atoms with E-state index in [9.17, 15) is 0 Å². The highest BCUT2D eigenvalue weighted by molar-refractivity contribution is 5.43. The molecule has 2 atom stereocenters. The maximum atomic E-state index is 5.73. The van der Waals surface area contributed by atoms with Crippen LogP contribution < -0.4 is 14.8 Å². The molecule has 0 radical (unpaired) electrons. The number of hydrogen-bond acceptors (Lipinski definition) is 4. The normalized spacial score (nSPS) is 25.4. The van der Waals surface area contributed by atoms with Crippen molar-refractivity contribution in [2.75, 3.05) is 20.3 Å². The van der Waals surface area contributed by atoms with Gasteiger partial charge in [-0.05, 0) is 37.0 Å². The summed E-state index contributed by atoms with van der Waals surface area (Å²) in [4.78, 5) is 0. The first kappa shape index (κ1) is 13.7. The van der Waals surface area contributed by atoms with Gasteiger partial charge in [0.05, 0.1) is 19.3 Å². The second kappa shape index (κ2) is 6.46. The largest absolute Gasteiger partial charge is 0.490 e. The zero-order valence-corrected chi connectivity index (χ0v) is 12.1. The zero-order chi connectivity index (χ0) is 13.8. The fraction of sp³-hybridized carbons (Fsp3) is 0.625. The summed E-state index contributed by atoms with van der Waals surface area (Å²) in [6, 6.07) is 6.68. The van der Waals surface area contributed by atoms with Gasteiger partial charge in [-0.15, -0.1) is 0 Å². The Balaban J connectivity index is 1.61. The van der Waals surface area contributed by atoms with Crippen molar-refractivity contribution < 1.29 is 14.2 Å². The van der Waals surface area contributed by atoms with Gasteiger partial charge < -0.3 is 19.5 Å². The third-order valence-corrected chi connectivity index (χ3v) is 4.14. The van der Waals surface area contributed by atoms with Crippen molar-refractivity contribution >= 4 is 0 Å². The molecular formula is C16H23NO3. The number of rotatable bonds is 4. The van der Waals surface area contributed by atoms with Gasteiger partial charge in [0, 0.05) is 26.1 Å². The van der Waals surface area contributed by atoms with Gasteiger partial charge in [0.25, 0.3) is 0 Å². The number of benzene rings is 1. The molecule has 3 rings (SSSR count). The Kier molecular flexibility index (Phi) is 4.43. The average molecular weight is 277 g/mol. The van der Waals surface area contributed by atoms with Crippen molar-refractivity contribution in [2.24, 2.45) is 0 Å². The lowest BCUT2D eigenvalue weighted by atomic mass is 10.1. The fourth-order valence-electron chi connectivity index (χ4n) is 3.01. The molecule has 4 nitrogen and oxygen atoms in total. The van der Waals surface area contributed by atoms with Crippen LogP contribution in [-0.2, 0) is 11.3 Å². The molecule has 1 fully saturated rings. The fourth-order valence-corrected chi connectivity index (χ4v) is 3.01. The average Bonchev–Trinajstić information content (AvgIpc) is 2.81. The number of methoxy groups -OCH3 is 1. The van der Waals surface area contributed by atoms with Gasteiger partial charge in [0.1, 0.15) is 0 Å². The second-order valence-electron chi connectivity index (χ2n) is 5.52. The van der Waals surface area contributed by atoms with E-state index in [1.54, 1.807) is 7.11 Å². The molecule has 1 saturated carbocycles. The highest BCUT2D eigenvalue weighted by Gasteiger charge is 2.26. The number of nitrogens with one attached hydrogen (secondary N) is 1. The molecule has 0 saturated heterocycles. The van der Waals surface area contributed by atoms with E-state index in [2.05, 4.69) is 17.4 Å². The van der Waals surface area contributed by atoms with Crippen molar-refractivity contribution in [3.05, 3.63) is 23.8 Å². The summed E-state index contributed by atoms with van der Waals surface area (Å²) >= 11 is 0. The van der Waals surface area contributed by atoms with Crippen LogP contribution in [0.5, 0.6) is 11.5 Å². The zero-order valence-electron chi connectivity index (χ0n) is 12.1. The van der Waals surface area contributed by atoms with Gasteiger partial charge in [-0.25, -0.2) is 0 Å². The molecule has 1 aromatic carbocycles. The topological polar surface area (TPSA) is 39.7 Å². The van der Waals surface area contributed by atoms with E-state index >= 15 is 0 Å². The summed E-state index contributed by atoms with van der Waals surface area (Å²) in [6.07, 6.45) is 4.91. The number of hydrogen-bond donors (Lipinski definition) is 1. The summed E-state index contributed by atoms with van der Waals surface area (Å²) in [5.74, 6) is 1.73. The minimum atomic E-state index is 0.357. The predicted octanol–water partition coefficient (Wildman–Crippen LogP) is 2.51. The summed E-state index contributed by atoms with van der Waals surface area (Å²) < 4.78 is 16.9. The minimum absolute atomic E-state index is 0.357. The molecule has 20 heavy (non-hydrogen) atoms. The molecule has 1 aromatic rings. The quantitative estimate of drug-likeness (QED) is 0.918. The van der Waals surface area contributed by atoms with E-state index in [1.165, 1.54) is 18.4 Å². The van der Waals surface area contributed by atoms with Crippen LogP contribution in [0.2, 0.25) is 0 Å². The first-order chi connectivity index (χ1) is 9.86. The van der Waals surface area contributed by atoms with Crippen LogP contribution in [0.1, 0.15) is 31.2 Å². The molecule has 110 valence electrons. The monoisotopic (exact) mass is 277 g/mol. The molecule has 2 aliphatic rings. The van der Waals surface area contributed by atoms with E-state index in [0.29, 0.717) is 12.1 Å². The van der Waals surface area contributed by atoms with Crippen molar-refractivity contribution in [1.82, 2.24) is 5.32 Å². The van der Waals surface area contributed by atoms with E-state index in [0.717, 1.165) is 44.1 Å². The van der Waals surface area contributed by atoms with E-state index in [1.807, 2.05) is 6.07 Å². The molecule has 1 N–H and O–H groups in total. The molecule has 1 aliphatic carbocycles. The summed E-state index contributed by atoms with van der Waals surface area (Å²) in [6.45, 7) is 2.32.